The monoisotopic (exact) mass is 196 g/mol. The fraction of sp³-hybridized carbons (Fsp3) is 1.00. The van der Waals surface area contributed by atoms with Gasteiger partial charge in [-0.15, -0.1) is 0 Å². The zero-order valence-corrected chi connectivity index (χ0v) is 9.72. The van der Waals surface area contributed by atoms with Crippen LogP contribution in [0.4, 0.5) is 0 Å². The van der Waals surface area contributed by atoms with Gasteiger partial charge >= 0.3 is 0 Å². The van der Waals surface area contributed by atoms with Crippen LogP contribution in [0.25, 0.3) is 0 Å². The van der Waals surface area contributed by atoms with Gasteiger partial charge in [0.05, 0.1) is 12.2 Å². The Kier molecular flexibility index (Phi) is 3.16. The van der Waals surface area contributed by atoms with Gasteiger partial charge in [0.2, 0.25) is 0 Å². The van der Waals surface area contributed by atoms with Crippen molar-refractivity contribution in [1.82, 2.24) is 0 Å². The lowest BCUT2D eigenvalue weighted by molar-refractivity contribution is 0.208. The first-order chi connectivity index (χ1) is 6.73. The number of unbranched alkanes of at least 4 members (excludes halogenated alkanes) is 3. The molecule has 82 valence electrons. The molecular weight excluding hydrogens is 172 g/mol. The van der Waals surface area contributed by atoms with Crippen LogP contribution in [-0.4, -0.2) is 12.2 Å². The third kappa shape index (κ3) is 2.50. The van der Waals surface area contributed by atoms with E-state index in [0.717, 1.165) is 0 Å². The van der Waals surface area contributed by atoms with Crippen LogP contribution in [0.15, 0.2) is 0 Å². The van der Waals surface area contributed by atoms with E-state index in [9.17, 15) is 0 Å². The van der Waals surface area contributed by atoms with Gasteiger partial charge in [0.25, 0.3) is 0 Å². The molecule has 0 aromatic carbocycles. The van der Waals surface area contributed by atoms with Crippen LogP contribution in [0.1, 0.15) is 65.2 Å². The molecule has 0 bridgehead atoms. The summed E-state index contributed by atoms with van der Waals surface area (Å²) in [4.78, 5) is 0. The second-order valence-corrected chi connectivity index (χ2v) is 5.58. The van der Waals surface area contributed by atoms with Crippen LogP contribution in [0, 0.1) is 5.41 Å². The maximum Gasteiger partial charge on any atom is 0.0847 e. The first kappa shape index (κ1) is 10.5. The van der Waals surface area contributed by atoms with E-state index in [1.165, 1.54) is 51.4 Å². The Morgan fingerprint density at radius 2 is 2.07 bits per heavy atom. The normalized spacial score (nSPS) is 40.7. The van der Waals surface area contributed by atoms with Crippen molar-refractivity contribution in [2.75, 3.05) is 0 Å². The highest BCUT2D eigenvalue weighted by Gasteiger charge is 2.47. The van der Waals surface area contributed by atoms with Crippen molar-refractivity contribution in [2.45, 2.75) is 77.4 Å². The Morgan fingerprint density at radius 3 is 2.79 bits per heavy atom. The van der Waals surface area contributed by atoms with Crippen molar-refractivity contribution in [3.8, 4) is 0 Å². The number of hydrogen-bond acceptors (Lipinski definition) is 1. The van der Waals surface area contributed by atoms with Gasteiger partial charge in [-0.3, -0.25) is 0 Å². The summed E-state index contributed by atoms with van der Waals surface area (Å²) in [6.45, 7) is 4.75. The SMILES string of the molecule is CCCCCCC1(C)CCC2OC2C1. The standard InChI is InChI=1S/C13H24O/c1-3-4-5-6-8-13(2)9-7-11-12(10-13)14-11/h11-12H,3-10H2,1-2H3. The van der Waals surface area contributed by atoms with Crippen LogP contribution in [0.3, 0.4) is 0 Å². The van der Waals surface area contributed by atoms with Crippen LogP contribution in [0.5, 0.6) is 0 Å². The molecular formula is C13H24O. The van der Waals surface area contributed by atoms with Gasteiger partial charge in [-0.25, -0.2) is 0 Å². The quantitative estimate of drug-likeness (QED) is 0.479. The average molecular weight is 196 g/mol. The van der Waals surface area contributed by atoms with Crippen molar-refractivity contribution < 1.29 is 4.74 Å². The van der Waals surface area contributed by atoms with E-state index in [1.807, 2.05) is 0 Å². The summed E-state index contributed by atoms with van der Waals surface area (Å²) in [6.07, 6.45) is 12.4. The fourth-order valence-corrected chi connectivity index (χ4v) is 2.90. The molecule has 14 heavy (non-hydrogen) atoms. The molecule has 1 saturated carbocycles. The maximum atomic E-state index is 5.60. The lowest BCUT2D eigenvalue weighted by Crippen LogP contribution is -2.24. The molecule has 3 unspecified atom stereocenters. The van der Waals surface area contributed by atoms with Gasteiger partial charge in [-0.05, 0) is 31.1 Å². The summed E-state index contributed by atoms with van der Waals surface area (Å²) >= 11 is 0. The van der Waals surface area contributed by atoms with E-state index >= 15 is 0 Å². The molecule has 1 aliphatic carbocycles. The van der Waals surface area contributed by atoms with E-state index in [2.05, 4.69) is 13.8 Å². The average Bonchev–Trinajstić information content (AvgIpc) is 2.90. The topological polar surface area (TPSA) is 12.5 Å². The third-order valence-electron chi connectivity index (χ3n) is 4.05. The molecule has 1 nitrogen and oxygen atoms in total. The highest BCUT2D eigenvalue weighted by molar-refractivity contribution is 4.96. The van der Waals surface area contributed by atoms with Crippen molar-refractivity contribution >= 4 is 0 Å². The van der Waals surface area contributed by atoms with Gasteiger partial charge in [0.15, 0.2) is 0 Å². The predicted molar refractivity (Wildman–Crippen MR) is 59.4 cm³/mol. The smallest absolute Gasteiger partial charge is 0.0847 e. The van der Waals surface area contributed by atoms with Crippen molar-refractivity contribution in [3.05, 3.63) is 0 Å². The predicted octanol–water partition coefficient (Wildman–Crippen LogP) is 3.91. The Morgan fingerprint density at radius 1 is 1.21 bits per heavy atom. The molecule has 2 fully saturated rings. The van der Waals surface area contributed by atoms with Crippen LogP contribution >= 0.6 is 0 Å². The van der Waals surface area contributed by atoms with Gasteiger partial charge in [-0.2, -0.15) is 0 Å². The van der Waals surface area contributed by atoms with Crippen molar-refractivity contribution in [3.63, 3.8) is 0 Å². The van der Waals surface area contributed by atoms with E-state index in [-0.39, 0.29) is 0 Å². The Bertz CT molecular complexity index is 190. The fourth-order valence-electron chi connectivity index (χ4n) is 2.90. The van der Waals surface area contributed by atoms with Crippen LogP contribution in [-0.2, 0) is 4.74 Å². The molecule has 0 aromatic rings. The molecule has 0 amide bonds. The molecule has 0 N–H and O–H groups in total. The number of rotatable bonds is 5. The molecule has 1 aliphatic heterocycles. The van der Waals surface area contributed by atoms with Gasteiger partial charge in [0.1, 0.15) is 0 Å². The van der Waals surface area contributed by atoms with Gasteiger partial charge in [-0.1, -0.05) is 39.5 Å². The Hall–Kier alpha value is -0.0400. The Balaban J connectivity index is 1.67. The van der Waals surface area contributed by atoms with Gasteiger partial charge in [0, 0.05) is 0 Å². The van der Waals surface area contributed by atoms with E-state index in [0.29, 0.717) is 17.6 Å². The third-order valence-corrected chi connectivity index (χ3v) is 4.05. The molecule has 1 heteroatoms. The largest absolute Gasteiger partial charge is 0.370 e. The lowest BCUT2D eigenvalue weighted by Gasteiger charge is -2.31. The molecule has 0 spiro atoms. The number of epoxide rings is 1. The van der Waals surface area contributed by atoms with Gasteiger partial charge < -0.3 is 4.74 Å². The summed E-state index contributed by atoms with van der Waals surface area (Å²) in [5.41, 5.74) is 0.616. The van der Waals surface area contributed by atoms with Crippen LogP contribution in [0.2, 0.25) is 0 Å². The summed E-state index contributed by atoms with van der Waals surface area (Å²) in [5, 5.41) is 0. The van der Waals surface area contributed by atoms with Crippen molar-refractivity contribution in [2.24, 2.45) is 5.41 Å². The van der Waals surface area contributed by atoms with E-state index in [4.69, 9.17) is 4.74 Å². The maximum absolute atomic E-state index is 5.60. The highest BCUT2D eigenvalue weighted by Crippen LogP contribution is 2.48. The molecule has 1 heterocycles. The number of hydrogen-bond donors (Lipinski definition) is 0. The highest BCUT2D eigenvalue weighted by atomic mass is 16.6. The van der Waals surface area contributed by atoms with Crippen molar-refractivity contribution in [1.29, 1.82) is 0 Å². The second kappa shape index (κ2) is 4.22. The van der Waals surface area contributed by atoms with E-state index in [1.54, 1.807) is 0 Å². The minimum Gasteiger partial charge on any atom is -0.370 e. The molecule has 1 saturated heterocycles. The molecule has 2 rings (SSSR count). The molecule has 3 atom stereocenters. The summed E-state index contributed by atoms with van der Waals surface area (Å²) in [5.74, 6) is 0. The molecule has 0 aromatic heterocycles. The minimum atomic E-state index is 0.616. The zero-order valence-electron chi connectivity index (χ0n) is 9.72. The zero-order chi connectivity index (χ0) is 10.0. The minimum absolute atomic E-state index is 0.616. The number of fused-ring (bicyclic) bond motifs is 1. The van der Waals surface area contributed by atoms with Crippen LogP contribution < -0.4 is 0 Å². The molecule has 0 radical (unpaired) electrons. The second-order valence-electron chi connectivity index (χ2n) is 5.58. The lowest BCUT2D eigenvalue weighted by atomic mass is 9.72. The Labute approximate surface area is 88.2 Å². The first-order valence-corrected chi connectivity index (χ1v) is 6.39. The summed E-state index contributed by atoms with van der Waals surface area (Å²) < 4.78 is 5.60. The number of ether oxygens (including phenoxy) is 1. The summed E-state index contributed by atoms with van der Waals surface area (Å²) in [6, 6.07) is 0. The molecule has 2 aliphatic rings. The van der Waals surface area contributed by atoms with E-state index < -0.39 is 0 Å². The first-order valence-electron chi connectivity index (χ1n) is 6.39. The summed E-state index contributed by atoms with van der Waals surface area (Å²) in [7, 11) is 0.